The molecule has 2 rings (SSSR count). The molecule has 0 amide bonds. The lowest BCUT2D eigenvalue weighted by molar-refractivity contribution is 0.0593. The van der Waals surface area contributed by atoms with Gasteiger partial charge in [0.2, 0.25) is 10.0 Å². The van der Waals surface area contributed by atoms with Gasteiger partial charge >= 0.3 is 5.97 Å². The van der Waals surface area contributed by atoms with Crippen LogP contribution in [0.4, 0.5) is 5.69 Å². The Hall–Kier alpha value is -2.87. The van der Waals surface area contributed by atoms with Gasteiger partial charge in [-0.2, -0.15) is 5.26 Å². The van der Waals surface area contributed by atoms with E-state index in [4.69, 9.17) is 16.1 Å². The molecule has 1 aromatic carbocycles. The maximum absolute atomic E-state index is 12.0. The first-order valence-corrected chi connectivity index (χ1v) is 8.54. The molecule has 25 heavy (non-hydrogen) atoms. The lowest BCUT2D eigenvalue weighted by atomic mass is 10.2. The van der Waals surface area contributed by atoms with Crippen LogP contribution in [0.15, 0.2) is 35.4 Å². The number of carbonyl (C=O) groups is 1. The number of aliphatic hydroxyl groups is 1. The van der Waals surface area contributed by atoms with Crippen LogP contribution in [0.2, 0.25) is 0 Å². The lowest BCUT2D eigenvalue weighted by Crippen LogP contribution is -2.26. The summed E-state index contributed by atoms with van der Waals surface area (Å²) in [5.41, 5.74) is 6.30. The number of methoxy groups -OCH3 is 1. The molecule has 2 aromatic rings. The van der Waals surface area contributed by atoms with Crippen LogP contribution in [-0.4, -0.2) is 44.3 Å². The molecule has 0 saturated heterocycles. The molecule has 0 atom stereocenters. The second-order valence-electron chi connectivity index (χ2n) is 4.89. The summed E-state index contributed by atoms with van der Waals surface area (Å²) in [7, 11) is -2.56. The van der Waals surface area contributed by atoms with Crippen LogP contribution >= 0.6 is 0 Å². The Labute approximate surface area is 144 Å². The van der Waals surface area contributed by atoms with Crippen molar-refractivity contribution in [1.29, 1.82) is 5.26 Å². The molecule has 0 radical (unpaired) electrons. The van der Waals surface area contributed by atoms with Crippen molar-refractivity contribution in [2.75, 3.05) is 26.0 Å². The fraction of sp³-hybridized carbons (Fsp3) is 0.200. The summed E-state index contributed by atoms with van der Waals surface area (Å²) in [6, 6.07) is 7.46. The number of nitriles is 1. The number of nitrogens with zero attached hydrogens (tertiary/aromatic N) is 2. The minimum atomic E-state index is -3.75. The van der Waals surface area contributed by atoms with Gasteiger partial charge in [-0.05, 0) is 24.3 Å². The molecule has 10 heteroatoms. The van der Waals surface area contributed by atoms with Crippen molar-refractivity contribution in [1.82, 2.24) is 9.29 Å². The van der Waals surface area contributed by atoms with Gasteiger partial charge in [-0.15, -0.1) is 0 Å². The molecular weight excluding hydrogens is 348 g/mol. The van der Waals surface area contributed by atoms with E-state index < -0.39 is 16.0 Å². The zero-order chi connectivity index (χ0) is 18.6. The van der Waals surface area contributed by atoms with E-state index in [1.807, 2.05) is 6.07 Å². The van der Waals surface area contributed by atoms with Crippen LogP contribution in [0, 0.1) is 11.3 Å². The molecular formula is C15H16N4O5S. The summed E-state index contributed by atoms with van der Waals surface area (Å²) < 4.78 is 32.3. The van der Waals surface area contributed by atoms with Gasteiger partial charge < -0.3 is 20.1 Å². The number of anilines is 1. The number of nitrogen functional groups attached to an aromatic ring is 1. The average Bonchev–Trinajstić information content (AvgIpc) is 2.96. The van der Waals surface area contributed by atoms with Crippen LogP contribution in [-0.2, 0) is 14.8 Å². The van der Waals surface area contributed by atoms with Crippen LogP contribution in [0.3, 0.4) is 0 Å². The largest absolute Gasteiger partial charge is 0.464 e. The molecule has 4 N–H and O–H groups in total. The topological polar surface area (TPSA) is 147 Å². The minimum Gasteiger partial charge on any atom is -0.464 e. The van der Waals surface area contributed by atoms with Gasteiger partial charge in [0, 0.05) is 18.4 Å². The van der Waals surface area contributed by atoms with Gasteiger partial charge in [-0.1, -0.05) is 0 Å². The number of nitrogens with two attached hydrogens (primary N) is 1. The zero-order valence-corrected chi connectivity index (χ0v) is 14.1. The van der Waals surface area contributed by atoms with Crippen molar-refractivity contribution in [2.24, 2.45) is 0 Å². The highest BCUT2D eigenvalue weighted by Crippen LogP contribution is 2.25. The first-order chi connectivity index (χ1) is 11.9. The Morgan fingerprint density at radius 1 is 1.40 bits per heavy atom. The van der Waals surface area contributed by atoms with Crippen molar-refractivity contribution in [2.45, 2.75) is 4.90 Å². The first-order valence-electron chi connectivity index (χ1n) is 7.06. The molecule has 0 aliphatic heterocycles. The number of benzene rings is 1. The van der Waals surface area contributed by atoms with E-state index in [-0.39, 0.29) is 35.0 Å². The molecule has 9 nitrogen and oxygen atoms in total. The van der Waals surface area contributed by atoms with Gasteiger partial charge in [0.25, 0.3) is 0 Å². The number of rotatable bonds is 6. The van der Waals surface area contributed by atoms with Gasteiger partial charge in [-0.25, -0.2) is 17.9 Å². The van der Waals surface area contributed by atoms with Gasteiger partial charge in [0.05, 0.1) is 29.9 Å². The number of aliphatic hydroxyl groups excluding tert-OH is 1. The quantitative estimate of drug-likeness (QED) is 0.611. The second kappa shape index (κ2) is 7.35. The van der Waals surface area contributed by atoms with Gasteiger partial charge in [0.15, 0.2) is 5.69 Å². The highest BCUT2D eigenvalue weighted by atomic mass is 32.2. The fourth-order valence-electron chi connectivity index (χ4n) is 2.17. The Balaban J connectivity index is 2.48. The number of aromatic nitrogens is 1. The van der Waals surface area contributed by atoms with Gasteiger partial charge in [-0.3, -0.25) is 0 Å². The minimum absolute atomic E-state index is 0.00930. The molecule has 0 aliphatic carbocycles. The van der Waals surface area contributed by atoms with Crippen LogP contribution < -0.4 is 10.5 Å². The molecule has 0 saturated carbocycles. The Bertz CT molecular complexity index is 926. The Morgan fingerprint density at radius 2 is 2.04 bits per heavy atom. The van der Waals surface area contributed by atoms with E-state index in [0.29, 0.717) is 5.69 Å². The third-order valence-electron chi connectivity index (χ3n) is 3.37. The second-order valence-corrected chi connectivity index (χ2v) is 6.66. The highest BCUT2D eigenvalue weighted by molar-refractivity contribution is 7.89. The average molecular weight is 364 g/mol. The molecule has 0 fully saturated rings. The Morgan fingerprint density at radius 3 is 2.56 bits per heavy atom. The first kappa shape index (κ1) is 18.5. The van der Waals surface area contributed by atoms with Crippen molar-refractivity contribution in [3.8, 4) is 11.8 Å². The summed E-state index contributed by atoms with van der Waals surface area (Å²) >= 11 is 0. The SMILES string of the molecule is COC(=O)c1c(N)c(C#N)cn1-c1ccc(S(=O)(=O)NCCO)cc1. The van der Waals surface area contributed by atoms with E-state index in [1.165, 1.54) is 42.1 Å². The molecule has 0 aliphatic rings. The molecule has 0 unspecified atom stereocenters. The summed E-state index contributed by atoms with van der Waals surface area (Å²) in [6.45, 7) is -0.421. The van der Waals surface area contributed by atoms with E-state index in [0.717, 1.165) is 0 Å². The van der Waals surface area contributed by atoms with E-state index in [2.05, 4.69) is 9.46 Å². The highest BCUT2D eigenvalue weighted by Gasteiger charge is 2.22. The maximum Gasteiger partial charge on any atom is 0.357 e. The van der Waals surface area contributed by atoms with Gasteiger partial charge in [0.1, 0.15) is 6.07 Å². The monoisotopic (exact) mass is 364 g/mol. The number of nitrogens with one attached hydrogen (secondary N) is 1. The van der Waals surface area contributed by atoms with Crippen molar-refractivity contribution < 1.29 is 23.1 Å². The van der Waals surface area contributed by atoms with E-state index >= 15 is 0 Å². The lowest BCUT2D eigenvalue weighted by Gasteiger charge is -2.10. The standard InChI is InChI=1S/C15H16N4O5S/c1-24-15(21)14-13(17)10(8-16)9-19(14)11-2-4-12(5-3-11)25(22,23)18-6-7-20/h2-5,9,18,20H,6-7,17H2,1H3. The smallest absolute Gasteiger partial charge is 0.357 e. The summed E-state index contributed by atoms with van der Waals surface area (Å²) in [4.78, 5) is 11.9. The number of esters is 1. The number of hydrogen-bond donors (Lipinski definition) is 3. The van der Waals surface area contributed by atoms with Crippen LogP contribution in [0.25, 0.3) is 5.69 Å². The molecule has 1 aromatic heterocycles. The van der Waals surface area contributed by atoms with Crippen LogP contribution in [0.1, 0.15) is 16.1 Å². The molecule has 0 spiro atoms. The predicted molar refractivity (Wildman–Crippen MR) is 88.5 cm³/mol. The maximum atomic E-state index is 12.0. The molecule has 0 bridgehead atoms. The third-order valence-corrected chi connectivity index (χ3v) is 4.85. The predicted octanol–water partition coefficient (Wildman–Crippen LogP) is -0.0116. The van der Waals surface area contributed by atoms with Crippen molar-refractivity contribution in [3.63, 3.8) is 0 Å². The Kier molecular flexibility index (Phi) is 5.43. The fourth-order valence-corrected chi connectivity index (χ4v) is 3.19. The molecule has 132 valence electrons. The zero-order valence-electron chi connectivity index (χ0n) is 13.3. The normalized spacial score (nSPS) is 11.1. The van der Waals surface area contributed by atoms with Crippen LogP contribution in [0.5, 0.6) is 0 Å². The van der Waals surface area contributed by atoms with E-state index in [1.54, 1.807) is 0 Å². The van der Waals surface area contributed by atoms with Crippen molar-refractivity contribution >= 4 is 21.7 Å². The molecule has 1 heterocycles. The summed E-state index contributed by atoms with van der Waals surface area (Å²) in [5, 5.41) is 17.8. The summed E-state index contributed by atoms with van der Waals surface area (Å²) in [6.07, 6.45) is 1.37. The number of carbonyl (C=O) groups excluding carboxylic acids is 1. The van der Waals surface area contributed by atoms with E-state index in [9.17, 15) is 13.2 Å². The number of hydrogen-bond acceptors (Lipinski definition) is 7. The number of ether oxygens (including phenoxy) is 1. The number of sulfonamides is 1. The van der Waals surface area contributed by atoms with Crippen molar-refractivity contribution in [3.05, 3.63) is 41.7 Å². The summed E-state index contributed by atoms with van der Waals surface area (Å²) in [5.74, 6) is -0.722. The third kappa shape index (κ3) is 3.63.